The summed E-state index contributed by atoms with van der Waals surface area (Å²) in [5.41, 5.74) is 6.14. The van der Waals surface area contributed by atoms with Crippen molar-refractivity contribution >= 4 is 17.6 Å². The average molecular weight is 583 g/mol. The van der Waals surface area contributed by atoms with Gasteiger partial charge in [-0.05, 0) is 82.8 Å². The van der Waals surface area contributed by atoms with E-state index in [1.54, 1.807) is 54.6 Å². The highest BCUT2D eigenvalue weighted by Crippen LogP contribution is 2.41. The fourth-order valence-corrected chi connectivity index (χ4v) is 5.58. The standard InChI is InChI=1S/C29H28O3.C10H6O2/c1-28(2,21-8-14-25(30)15-9-21)20-4-6-22(7-5-20)29(3,23-10-16-26(31)17-11-23)24-12-18-27(32)19-13-24;11-9-6-5-7-3-1-2-4-8(7)10(9)12/h4-19,30-32H,1-3H3;1-6H. The van der Waals surface area contributed by atoms with Crippen LogP contribution in [0.5, 0.6) is 17.2 Å². The summed E-state index contributed by atoms with van der Waals surface area (Å²) in [7, 11) is 0. The number of allylic oxidation sites excluding steroid dienone is 1. The Balaban J connectivity index is 0.000000266. The number of hydrogen-bond acceptors (Lipinski definition) is 5. The third-order valence-electron chi connectivity index (χ3n) is 8.51. The molecule has 3 N–H and O–H groups in total. The smallest absolute Gasteiger partial charge is 0.233 e. The van der Waals surface area contributed by atoms with Crippen LogP contribution in [-0.2, 0) is 15.6 Å². The molecule has 5 nitrogen and oxygen atoms in total. The second-order valence-electron chi connectivity index (χ2n) is 11.6. The molecule has 1 aliphatic rings. The molecule has 44 heavy (non-hydrogen) atoms. The fourth-order valence-electron chi connectivity index (χ4n) is 5.58. The Morgan fingerprint density at radius 3 is 1.27 bits per heavy atom. The van der Waals surface area contributed by atoms with Gasteiger partial charge in [0.15, 0.2) is 0 Å². The summed E-state index contributed by atoms with van der Waals surface area (Å²) in [5, 5.41) is 29.2. The number of ketones is 2. The molecule has 0 aliphatic heterocycles. The molecular weight excluding hydrogens is 548 g/mol. The number of Topliss-reactive ketones (excluding diaryl/α,β-unsaturated/α-hetero) is 1. The lowest BCUT2D eigenvalue weighted by Gasteiger charge is -2.33. The maximum absolute atomic E-state index is 11.2. The van der Waals surface area contributed by atoms with Gasteiger partial charge in [0.25, 0.3) is 0 Å². The summed E-state index contributed by atoms with van der Waals surface area (Å²) in [6, 6.07) is 37.6. The van der Waals surface area contributed by atoms with Crippen LogP contribution in [0.2, 0.25) is 0 Å². The number of carbonyl (C=O) groups is 2. The SMILES string of the molecule is CC(C)(c1ccc(O)cc1)c1ccc(C(C)(c2ccc(O)cc2)c2ccc(O)cc2)cc1.O=C1C=Cc2ccccc2C1=O. The van der Waals surface area contributed by atoms with E-state index in [9.17, 15) is 24.9 Å². The van der Waals surface area contributed by atoms with E-state index in [0.717, 1.165) is 27.8 Å². The molecule has 0 aromatic heterocycles. The molecule has 0 atom stereocenters. The van der Waals surface area contributed by atoms with Gasteiger partial charge in [-0.3, -0.25) is 9.59 Å². The van der Waals surface area contributed by atoms with Crippen LogP contribution in [0.1, 0.15) is 64.5 Å². The van der Waals surface area contributed by atoms with Gasteiger partial charge in [-0.25, -0.2) is 0 Å². The van der Waals surface area contributed by atoms with Crippen LogP contribution in [0, 0.1) is 0 Å². The van der Waals surface area contributed by atoms with Crippen LogP contribution < -0.4 is 0 Å². The number of phenolic OH excluding ortho intramolecular Hbond substituents is 3. The van der Waals surface area contributed by atoms with Gasteiger partial charge in [0, 0.05) is 16.4 Å². The molecule has 0 spiro atoms. The van der Waals surface area contributed by atoms with Gasteiger partial charge in [0.1, 0.15) is 17.2 Å². The van der Waals surface area contributed by atoms with Gasteiger partial charge >= 0.3 is 0 Å². The van der Waals surface area contributed by atoms with Crippen molar-refractivity contribution in [3.63, 3.8) is 0 Å². The van der Waals surface area contributed by atoms with E-state index in [4.69, 9.17) is 0 Å². The van der Waals surface area contributed by atoms with E-state index in [0.29, 0.717) is 5.56 Å². The van der Waals surface area contributed by atoms with Crippen molar-refractivity contribution in [2.45, 2.75) is 31.6 Å². The van der Waals surface area contributed by atoms with Gasteiger partial charge in [0.05, 0.1) is 0 Å². The Morgan fingerprint density at radius 2 is 0.818 bits per heavy atom. The molecule has 0 fully saturated rings. The number of rotatable bonds is 5. The number of aromatic hydroxyl groups is 3. The lowest BCUT2D eigenvalue weighted by Crippen LogP contribution is -2.26. The topological polar surface area (TPSA) is 94.8 Å². The first-order chi connectivity index (χ1) is 21.0. The van der Waals surface area contributed by atoms with Gasteiger partial charge < -0.3 is 15.3 Å². The van der Waals surface area contributed by atoms with Crippen molar-refractivity contribution < 1.29 is 24.9 Å². The van der Waals surface area contributed by atoms with Crippen LogP contribution in [0.25, 0.3) is 6.08 Å². The van der Waals surface area contributed by atoms with E-state index >= 15 is 0 Å². The second-order valence-corrected chi connectivity index (χ2v) is 11.6. The van der Waals surface area contributed by atoms with Crippen LogP contribution in [0.3, 0.4) is 0 Å². The zero-order valence-electron chi connectivity index (χ0n) is 24.9. The highest BCUT2D eigenvalue weighted by molar-refractivity contribution is 6.49. The Morgan fingerprint density at radius 1 is 0.455 bits per heavy atom. The van der Waals surface area contributed by atoms with Gasteiger partial charge in [-0.15, -0.1) is 0 Å². The Kier molecular flexibility index (Phi) is 8.23. The minimum atomic E-state index is -0.470. The van der Waals surface area contributed by atoms with Crippen LogP contribution in [0.4, 0.5) is 0 Å². The molecule has 220 valence electrons. The molecule has 5 aromatic rings. The van der Waals surface area contributed by atoms with E-state index in [2.05, 4.69) is 45.0 Å². The Hall–Kier alpha value is -5.42. The van der Waals surface area contributed by atoms with Gasteiger partial charge in [-0.2, -0.15) is 0 Å². The summed E-state index contributed by atoms with van der Waals surface area (Å²) >= 11 is 0. The lowest BCUT2D eigenvalue weighted by atomic mass is 9.70. The minimum Gasteiger partial charge on any atom is -0.508 e. The molecule has 0 saturated carbocycles. The maximum atomic E-state index is 11.2. The normalized spacial score (nSPS) is 12.7. The average Bonchev–Trinajstić information content (AvgIpc) is 3.04. The van der Waals surface area contributed by atoms with Crippen molar-refractivity contribution in [3.8, 4) is 17.2 Å². The maximum Gasteiger partial charge on any atom is 0.233 e. The molecule has 0 heterocycles. The second kappa shape index (κ2) is 12.1. The zero-order chi connectivity index (χ0) is 31.5. The molecule has 0 radical (unpaired) electrons. The van der Waals surface area contributed by atoms with Crippen molar-refractivity contribution in [1.29, 1.82) is 0 Å². The van der Waals surface area contributed by atoms with E-state index in [1.807, 2.05) is 48.5 Å². The highest BCUT2D eigenvalue weighted by atomic mass is 16.3. The number of phenols is 3. The van der Waals surface area contributed by atoms with Crippen molar-refractivity contribution in [2.75, 3.05) is 0 Å². The van der Waals surface area contributed by atoms with E-state index in [1.165, 1.54) is 11.6 Å². The fraction of sp³-hybridized carbons (Fsp3) is 0.128. The summed E-state index contributed by atoms with van der Waals surface area (Å²) in [6.07, 6.45) is 2.98. The number of fused-ring (bicyclic) bond motifs is 1. The number of benzene rings is 5. The summed E-state index contributed by atoms with van der Waals surface area (Å²) in [5.74, 6) is -0.124. The molecule has 1 aliphatic carbocycles. The van der Waals surface area contributed by atoms with Crippen molar-refractivity contribution in [1.82, 2.24) is 0 Å². The van der Waals surface area contributed by atoms with Crippen molar-refractivity contribution in [2.24, 2.45) is 0 Å². The third-order valence-corrected chi connectivity index (χ3v) is 8.51. The van der Waals surface area contributed by atoms with E-state index in [-0.39, 0.29) is 22.7 Å². The Labute approximate surface area is 257 Å². The molecule has 5 aromatic carbocycles. The van der Waals surface area contributed by atoms with Gasteiger partial charge in [0.2, 0.25) is 11.6 Å². The lowest BCUT2D eigenvalue weighted by molar-refractivity contribution is -0.110. The zero-order valence-corrected chi connectivity index (χ0v) is 24.9. The largest absolute Gasteiger partial charge is 0.508 e. The first kappa shape index (κ1) is 30.1. The number of carbonyl (C=O) groups excluding carboxylic acids is 2. The van der Waals surface area contributed by atoms with E-state index < -0.39 is 17.0 Å². The molecule has 0 unspecified atom stereocenters. The van der Waals surface area contributed by atoms with Crippen LogP contribution in [0.15, 0.2) is 127 Å². The van der Waals surface area contributed by atoms with Crippen LogP contribution in [-0.4, -0.2) is 26.9 Å². The molecule has 0 amide bonds. The summed E-state index contributed by atoms with van der Waals surface area (Å²) in [4.78, 5) is 22.1. The predicted octanol–water partition coefficient (Wildman–Crippen LogP) is 7.95. The van der Waals surface area contributed by atoms with Crippen LogP contribution >= 0.6 is 0 Å². The minimum absolute atomic E-state index is 0.223. The monoisotopic (exact) mass is 582 g/mol. The van der Waals surface area contributed by atoms with Gasteiger partial charge in [-0.1, -0.05) is 105 Å². The third kappa shape index (κ3) is 5.90. The molecule has 0 saturated heterocycles. The quantitative estimate of drug-likeness (QED) is 0.144. The highest BCUT2D eigenvalue weighted by Gasteiger charge is 2.32. The molecular formula is C39H34O5. The Bertz CT molecular complexity index is 1770. The molecule has 5 heteroatoms. The van der Waals surface area contributed by atoms with Crippen molar-refractivity contribution in [3.05, 3.63) is 166 Å². The molecule has 0 bridgehead atoms. The predicted molar refractivity (Wildman–Crippen MR) is 173 cm³/mol. The summed E-state index contributed by atoms with van der Waals surface area (Å²) in [6.45, 7) is 6.51. The first-order valence-corrected chi connectivity index (χ1v) is 14.4. The molecule has 6 rings (SSSR count). The first-order valence-electron chi connectivity index (χ1n) is 14.4. The summed E-state index contributed by atoms with van der Waals surface area (Å²) < 4.78 is 0. The number of hydrogen-bond donors (Lipinski definition) is 3.